The number of nitrogens with one attached hydrogen (secondary N) is 1. The van der Waals surface area contributed by atoms with Crippen molar-refractivity contribution in [2.45, 2.75) is 26.9 Å². The summed E-state index contributed by atoms with van der Waals surface area (Å²) < 4.78 is 10.5. The molecular formula is C23H22N2O5. The molecule has 2 aromatic rings. The number of amides is 1. The summed E-state index contributed by atoms with van der Waals surface area (Å²) in [5.41, 5.74) is 1.36. The van der Waals surface area contributed by atoms with E-state index in [1.807, 2.05) is 6.92 Å². The third kappa shape index (κ3) is 6.31. The minimum absolute atomic E-state index is 0.0847. The van der Waals surface area contributed by atoms with Gasteiger partial charge in [0.25, 0.3) is 5.91 Å². The van der Waals surface area contributed by atoms with Gasteiger partial charge in [0.1, 0.15) is 17.4 Å². The predicted molar refractivity (Wildman–Crippen MR) is 112 cm³/mol. The normalized spacial score (nSPS) is 11.7. The number of nitriles is 1. The summed E-state index contributed by atoms with van der Waals surface area (Å²) >= 11 is 0. The second-order valence-electron chi connectivity index (χ2n) is 6.34. The van der Waals surface area contributed by atoms with Gasteiger partial charge in [0.05, 0.1) is 6.61 Å². The number of carbonyl (C=O) groups is 3. The fraction of sp³-hybridized carbons (Fsp3) is 0.217. The van der Waals surface area contributed by atoms with Crippen molar-refractivity contribution in [1.82, 2.24) is 0 Å². The average molecular weight is 406 g/mol. The molecular weight excluding hydrogens is 384 g/mol. The molecule has 1 atom stereocenters. The Bertz CT molecular complexity index is 986. The van der Waals surface area contributed by atoms with Crippen LogP contribution in [0.4, 0.5) is 5.69 Å². The number of esters is 1. The quantitative estimate of drug-likeness (QED) is 0.310. The zero-order valence-corrected chi connectivity index (χ0v) is 17.0. The fourth-order valence-corrected chi connectivity index (χ4v) is 2.44. The lowest BCUT2D eigenvalue weighted by Gasteiger charge is -2.13. The van der Waals surface area contributed by atoms with Gasteiger partial charge in [0.15, 0.2) is 11.9 Å². The molecule has 0 saturated carbocycles. The molecule has 0 aliphatic carbocycles. The Labute approximate surface area is 174 Å². The maximum atomic E-state index is 12.3. The fourth-order valence-electron chi connectivity index (χ4n) is 2.44. The van der Waals surface area contributed by atoms with E-state index in [9.17, 15) is 19.6 Å². The molecule has 2 aromatic carbocycles. The second kappa shape index (κ2) is 10.6. The Morgan fingerprint density at radius 1 is 1.10 bits per heavy atom. The first kappa shape index (κ1) is 22.4. The molecule has 0 aliphatic rings. The summed E-state index contributed by atoms with van der Waals surface area (Å²) in [5, 5.41) is 11.9. The number of anilines is 1. The van der Waals surface area contributed by atoms with E-state index in [0.29, 0.717) is 29.2 Å². The molecule has 0 spiro atoms. The molecule has 0 saturated heterocycles. The van der Waals surface area contributed by atoms with Crippen molar-refractivity contribution in [3.8, 4) is 11.8 Å². The van der Waals surface area contributed by atoms with Gasteiger partial charge in [0.2, 0.25) is 0 Å². The van der Waals surface area contributed by atoms with Crippen LogP contribution >= 0.6 is 0 Å². The lowest BCUT2D eigenvalue weighted by atomic mass is 10.1. The van der Waals surface area contributed by atoms with Crippen molar-refractivity contribution < 1.29 is 23.9 Å². The SMILES string of the molecule is CCOc1ccc(/C=C(\C#N)C(=O)O[C@H](C)C(=O)Nc2ccc(C(C)=O)cc2)cc1. The average Bonchev–Trinajstić information content (AvgIpc) is 2.73. The Kier molecular flexibility index (Phi) is 7.89. The minimum Gasteiger partial charge on any atom is -0.494 e. The van der Waals surface area contributed by atoms with E-state index < -0.39 is 18.0 Å². The summed E-state index contributed by atoms with van der Waals surface area (Å²) in [7, 11) is 0. The highest BCUT2D eigenvalue weighted by Crippen LogP contribution is 2.16. The van der Waals surface area contributed by atoms with E-state index in [1.165, 1.54) is 19.9 Å². The Balaban J connectivity index is 2.00. The number of rotatable bonds is 8. The van der Waals surface area contributed by atoms with Crippen molar-refractivity contribution in [1.29, 1.82) is 5.26 Å². The number of ether oxygens (including phenoxy) is 2. The number of hydrogen-bond donors (Lipinski definition) is 1. The lowest BCUT2D eigenvalue weighted by molar-refractivity contribution is -0.148. The smallest absolute Gasteiger partial charge is 0.349 e. The van der Waals surface area contributed by atoms with Crippen LogP contribution in [0.15, 0.2) is 54.1 Å². The number of ketones is 1. The van der Waals surface area contributed by atoms with Crippen molar-refractivity contribution in [3.63, 3.8) is 0 Å². The molecule has 30 heavy (non-hydrogen) atoms. The van der Waals surface area contributed by atoms with Gasteiger partial charge < -0.3 is 14.8 Å². The summed E-state index contributed by atoms with van der Waals surface area (Å²) in [6.07, 6.45) is 0.255. The number of nitrogens with zero attached hydrogens (tertiary/aromatic N) is 1. The molecule has 0 heterocycles. The van der Waals surface area contributed by atoms with Crippen molar-refractivity contribution in [3.05, 3.63) is 65.2 Å². The van der Waals surface area contributed by atoms with E-state index in [0.717, 1.165) is 0 Å². The van der Waals surface area contributed by atoms with E-state index in [-0.39, 0.29) is 11.4 Å². The van der Waals surface area contributed by atoms with Crippen LogP contribution in [-0.4, -0.2) is 30.4 Å². The van der Waals surface area contributed by atoms with Crippen LogP contribution in [0.1, 0.15) is 36.7 Å². The van der Waals surface area contributed by atoms with Crippen molar-refractivity contribution in [2.75, 3.05) is 11.9 Å². The molecule has 0 unspecified atom stereocenters. The highest BCUT2D eigenvalue weighted by atomic mass is 16.5. The zero-order valence-electron chi connectivity index (χ0n) is 17.0. The van der Waals surface area contributed by atoms with E-state index in [1.54, 1.807) is 54.6 Å². The Morgan fingerprint density at radius 2 is 1.73 bits per heavy atom. The van der Waals surface area contributed by atoms with Gasteiger partial charge in [-0.1, -0.05) is 12.1 Å². The molecule has 7 heteroatoms. The molecule has 0 aromatic heterocycles. The number of benzene rings is 2. The van der Waals surface area contributed by atoms with Crippen LogP contribution in [0, 0.1) is 11.3 Å². The lowest BCUT2D eigenvalue weighted by Crippen LogP contribution is -2.30. The van der Waals surface area contributed by atoms with Crippen LogP contribution in [-0.2, 0) is 14.3 Å². The van der Waals surface area contributed by atoms with Crippen LogP contribution in [0.2, 0.25) is 0 Å². The van der Waals surface area contributed by atoms with E-state index in [4.69, 9.17) is 9.47 Å². The maximum Gasteiger partial charge on any atom is 0.349 e. The largest absolute Gasteiger partial charge is 0.494 e. The summed E-state index contributed by atoms with van der Waals surface area (Å²) in [6.45, 7) is 5.26. The predicted octanol–water partition coefficient (Wildman–Crippen LogP) is 3.77. The van der Waals surface area contributed by atoms with Crippen LogP contribution in [0.3, 0.4) is 0 Å². The highest BCUT2D eigenvalue weighted by Gasteiger charge is 2.20. The van der Waals surface area contributed by atoms with Gasteiger partial charge >= 0.3 is 5.97 Å². The summed E-state index contributed by atoms with van der Waals surface area (Å²) in [5.74, 6) is -0.867. The van der Waals surface area contributed by atoms with Crippen LogP contribution in [0.5, 0.6) is 5.75 Å². The summed E-state index contributed by atoms with van der Waals surface area (Å²) in [6, 6.07) is 15.0. The molecule has 0 aliphatic heterocycles. The van der Waals surface area contributed by atoms with Gasteiger partial charge in [0, 0.05) is 11.3 Å². The van der Waals surface area contributed by atoms with Gasteiger partial charge in [-0.05, 0) is 68.8 Å². The molecule has 1 amide bonds. The molecule has 7 nitrogen and oxygen atoms in total. The standard InChI is InChI=1S/C23H22N2O5/c1-4-29-21-11-5-17(6-12-21)13-19(14-24)23(28)30-16(3)22(27)25-20-9-7-18(8-10-20)15(2)26/h5-13,16H,4H2,1-3H3,(H,25,27)/b19-13+/t16-/m1/s1. The molecule has 0 radical (unpaired) electrons. The molecule has 0 fully saturated rings. The minimum atomic E-state index is -1.12. The van der Waals surface area contributed by atoms with Gasteiger partial charge in [-0.25, -0.2) is 4.79 Å². The molecule has 1 N–H and O–H groups in total. The third-order valence-electron chi connectivity index (χ3n) is 4.05. The van der Waals surface area contributed by atoms with Gasteiger partial charge in [-0.2, -0.15) is 5.26 Å². The molecule has 154 valence electrons. The van der Waals surface area contributed by atoms with Crippen molar-refractivity contribution in [2.24, 2.45) is 0 Å². The highest BCUT2D eigenvalue weighted by molar-refractivity contribution is 6.01. The number of Topliss-reactive ketones (excluding diaryl/α,β-unsaturated/α-hetero) is 1. The zero-order chi connectivity index (χ0) is 22.1. The van der Waals surface area contributed by atoms with E-state index in [2.05, 4.69) is 5.32 Å². The molecule has 2 rings (SSSR count). The first-order chi connectivity index (χ1) is 14.3. The van der Waals surface area contributed by atoms with E-state index >= 15 is 0 Å². The van der Waals surface area contributed by atoms with Crippen LogP contribution in [0.25, 0.3) is 6.08 Å². The topological polar surface area (TPSA) is 105 Å². The number of hydrogen-bond acceptors (Lipinski definition) is 6. The first-order valence-electron chi connectivity index (χ1n) is 9.31. The van der Waals surface area contributed by atoms with Gasteiger partial charge in [-0.3, -0.25) is 9.59 Å². The Morgan fingerprint density at radius 3 is 2.27 bits per heavy atom. The summed E-state index contributed by atoms with van der Waals surface area (Å²) in [4.78, 5) is 35.8. The third-order valence-corrected chi connectivity index (χ3v) is 4.05. The Hall–Kier alpha value is -3.92. The van der Waals surface area contributed by atoms with Gasteiger partial charge in [-0.15, -0.1) is 0 Å². The van der Waals surface area contributed by atoms with Crippen molar-refractivity contribution >= 4 is 29.4 Å². The second-order valence-corrected chi connectivity index (χ2v) is 6.34. The molecule has 0 bridgehead atoms. The van der Waals surface area contributed by atoms with Crippen LogP contribution < -0.4 is 10.1 Å². The maximum absolute atomic E-state index is 12.3. The number of carbonyl (C=O) groups excluding carboxylic acids is 3. The monoisotopic (exact) mass is 406 g/mol. The first-order valence-corrected chi connectivity index (χ1v) is 9.31.